The summed E-state index contributed by atoms with van der Waals surface area (Å²) in [6, 6.07) is 7.46. The predicted molar refractivity (Wildman–Crippen MR) is 140 cm³/mol. The van der Waals surface area contributed by atoms with Crippen molar-refractivity contribution in [2.24, 2.45) is 7.05 Å². The number of anilines is 1. The number of fused-ring (bicyclic) bond motifs is 2. The number of pyridine rings is 1. The maximum Gasteiger partial charge on any atom is 0.252 e. The van der Waals surface area contributed by atoms with Crippen LogP contribution in [0, 0.1) is 24.1 Å². The Morgan fingerprint density at radius 3 is 2.70 bits per heavy atom. The fraction of sp³-hybridized carbons (Fsp3) is 0.481. The van der Waals surface area contributed by atoms with Crippen molar-refractivity contribution in [3.8, 4) is 6.07 Å². The van der Waals surface area contributed by atoms with Crippen LogP contribution in [-0.4, -0.2) is 49.4 Å². The highest BCUT2D eigenvalue weighted by Gasteiger charge is 2.37. The van der Waals surface area contributed by atoms with E-state index in [9.17, 15) is 4.79 Å². The molecule has 3 aromatic heterocycles. The molecule has 37 heavy (non-hydrogen) atoms. The third-order valence-corrected chi connectivity index (χ3v) is 7.74. The Kier molecular flexibility index (Phi) is 6.50. The van der Waals surface area contributed by atoms with E-state index in [-0.39, 0.29) is 41.6 Å². The standard InChI is InChI=1S/C27H32FN7O2/c1-6-18-14-35(22-12-24(36)32(5)23-15-33(11-10-29)31-26(22)23)19(7-2)13-34(18)16(3)20-8-9-21-27(25(20)28)37-17(4)30-21/h8-9,12,15-16,18-19H,6-7,11,13-14H2,1-5H3/t16-,18-,19+/m1/s1. The van der Waals surface area contributed by atoms with Crippen LogP contribution in [0.25, 0.3) is 22.1 Å². The number of aromatic nitrogens is 4. The van der Waals surface area contributed by atoms with Gasteiger partial charge < -0.3 is 13.9 Å². The average Bonchev–Trinajstić information content (AvgIpc) is 3.49. The molecule has 0 saturated carbocycles. The highest BCUT2D eigenvalue weighted by Crippen LogP contribution is 2.36. The molecule has 4 aromatic rings. The summed E-state index contributed by atoms with van der Waals surface area (Å²) in [5, 5.41) is 13.8. The smallest absolute Gasteiger partial charge is 0.252 e. The van der Waals surface area contributed by atoms with E-state index in [2.05, 4.69) is 39.8 Å². The molecule has 4 heterocycles. The van der Waals surface area contributed by atoms with E-state index in [1.807, 2.05) is 19.1 Å². The van der Waals surface area contributed by atoms with E-state index in [0.717, 1.165) is 18.5 Å². The number of oxazole rings is 1. The molecule has 10 heteroatoms. The molecule has 1 fully saturated rings. The molecule has 1 saturated heterocycles. The zero-order valence-corrected chi connectivity index (χ0v) is 21.9. The van der Waals surface area contributed by atoms with Crippen molar-refractivity contribution in [1.82, 2.24) is 24.2 Å². The van der Waals surface area contributed by atoms with Crippen LogP contribution in [0.5, 0.6) is 0 Å². The molecule has 0 amide bonds. The van der Waals surface area contributed by atoms with Crippen molar-refractivity contribution in [2.45, 2.75) is 65.2 Å². The van der Waals surface area contributed by atoms with E-state index in [4.69, 9.17) is 9.68 Å². The fourth-order valence-corrected chi connectivity index (χ4v) is 5.65. The molecular weight excluding hydrogens is 473 g/mol. The monoisotopic (exact) mass is 505 g/mol. The van der Waals surface area contributed by atoms with Gasteiger partial charge in [-0.1, -0.05) is 19.9 Å². The molecule has 0 unspecified atom stereocenters. The van der Waals surface area contributed by atoms with Gasteiger partial charge in [0.05, 0.1) is 23.5 Å². The zero-order valence-electron chi connectivity index (χ0n) is 21.9. The van der Waals surface area contributed by atoms with Crippen molar-refractivity contribution >= 4 is 27.8 Å². The Bertz CT molecular complexity index is 1560. The normalized spacial score (nSPS) is 19.5. The van der Waals surface area contributed by atoms with Crippen LogP contribution < -0.4 is 10.5 Å². The Morgan fingerprint density at radius 2 is 2.00 bits per heavy atom. The van der Waals surface area contributed by atoms with Gasteiger partial charge >= 0.3 is 0 Å². The predicted octanol–water partition coefficient (Wildman–Crippen LogP) is 4.29. The molecule has 1 aromatic carbocycles. The van der Waals surface area contributed by atoms with Crippen molar-refractivity contribution in [2.75, 3.05) is 18.0 Å². The molecule has 1 aliphatic heterocycles. The van der Waals surface area contributed by atoms with Crippen LogP contribution in [0.3, 0.4) is 0 Å². The number of rotatable bonds is 6. The lowest BCUT2D eigenvalue weighted by Crippen LogP contribution is -2.59. The Hall–Kier alpha value is -3.71. The van der Waals surface area contributed by atoms with Gasteiger partial charge in [-0.3, -0.25) is 14.4 Å². The number of hydrogen-bond donors (Lipinski definition) is 0. The molecule has 1 aliphatic rings. The maximum atomic E-state index is 15.5. The van der Waals surface area contributed by atoms with Crippen LogP contribution in [0.2, 0.25) is 0 Å². The topological polar surface area (TPSA) is 96.1 Å². The summed E-state index contributed by atoms with van der Waals surface area (Å²) in [5.74, 6) is 0.0922. The summed E-state index contributed by atoms with van der Waals surface area (Å²) in [4.78, 5) is 21.8. The molecule has 0 bridgehead atoms. The maximum absolute atomic E-state index is 15.5. The number of nitriles is 1. The Morgan fingerprint density at radius 1 is 1.24 bits per heavy atom. The minimum Gasteiger partial charge on any atom is -0.438 e. The first kappa shape index (κ1) is 25.0. The van der Waals surface area contributed by atoms with E-state index < -0.39 is 0 Å². The second-order valence-corrected chi connectivity index (χ2v) is 9.84. The van der Waals surface area contributed by atoms with Gasteiger partial charge in [0.1, 0.15) is 17.6 Å². The summed E-state index contributed by atoms with van der Waals surface area (Å²) in [6.07, 6.45) is 3.46. The van der Waals surface area contributed by atoms with Gasteiger partial charge in [-0.2, -0.15) is 10.4 Å². The van der Waals surface area contributed by atoms with E-state index >= 15 is 4.39 Å². The van der Waals surface area contributed by atoms with Crippen LogP contribution in [0.4, 0.5) is 10.1 Å². The number of halogens is 1. The van der Waals surface area contributed by atoms with Crippen LogP contribution in [0.15, 0.2) is 33.6 Å². The minimum absolute atomic E-state index is 0.0981. The van der Waals surface area contributed by atoms with Gasteiger partial charge in [0, 0.05) is 56.8 Å². The lowest BCUT2D eigenvalue weighted by atomic mass is 9.96. The Balaban J connectivity index is 1.52. The van der Waals surface area contributed by atoms with Gasteiger partial charge in [-0.15, -0.1) is 0 Å². The third-order valence-electron chi connectivity index (χ3n) is 7.74. The second-order valence-electron chi connectivity index (χ2n) is 9.84. The summed E-state index contributed by atoms with van der Waals surface area (Å²) < 4.78 is 24.2. The number of benzene rings is 1. The molecule has 0 radical (unpaired) electrons. The van der Waals surface area contributed by atoms with Crippen molar-refractivity contribution in [3.05, 3.63) is 52.0 Å². The van der Waals surface area contributed by atoms with Gasteiger partial charge in [-0.05, 0) is 25.8 Å². The van der Waals surface area contributed by atoms with E-state index in [1.165, 1.54) is 0 Å². The molecule has 0 N–H and O–H groups in total. The first-order chi connectivity index (χ1) is 17.8. The largest absolute Gasteiger partial charge is 0.438 e. The Labute approximate surface area is 214 Å². The van der Waals surface area contributed by atoms with Gasteiger partial charge in [-0.25, -0.2) is 9.37 Å². The zero-order chi connectivity index (χ0) is 26.4. The first-order valence-electron chi connectivity index (χ1n) is 12.8. The molecule has 194 valence electrons. The highest BCUT2D eigenvalue weighted by atomic mass is 19.1. The minimum atomic E-state index is -0.354. The van der Waals surface area contributed by atoms with Crippen LogP contribution in [-0.2, 0) is 13.6 Å². The van der Waals surface area contributed by atoms with Crippen molar-refractivity contribution in [3.63, 3.8) is 0 Å². The van der Waals surface area contributed by atoms with Crippen molar-refractivity contribution < 1.29 is 8.81 Å². The molecular formula is C27H32FN7O2. The quantitative estimate of drug-likeness (QED) is 0.386. The summed E-state index contributed by atoms with van der Waals surface area (Å²) in [5.41, 5.74) is 3.42. The van der Waals surface area contributed by atoms with Gasteiger partial charge in [0.25, 0.3) is 5.56 Å². The van der Waals surface area contributed by atoms with Gasteiger partial charge in [0.15, 0.2) is 17.3 Å². The van der Waals surface area contributed by atoms with E-state index in [1.54, 1.807) is 35.5 Å². The molecule has 9 nitrogen and oxygen atoms in total. The lowest BCUT2D eigenvalue weighted by Gasteiger charge is -2.49. The summed E-state index contributed by atoms with van der Waals surface area (Å²) in [6.45, 7) is 9.52. The van der Waals surface area contributed by atoms with Crippen LogP contribution in [0.1, 0.15) is 51.1 Å². The number of piperazine rings is 1. The molecule has 0 aliphatic carbocycles. The third kappa shape index (κ3) is 4.17. The second kappa shape index (κ2) is 9.63. The lowest BCUT2D eigenvalue weighted by molar-refractivity contribution is 0.0994. The van der Waals surface area contributed by atoms with Crippen LogP contribution >= 0.6 is 0 Å². The summed E-state index contributed by atoms with van der Waals surface area (Å²) in [7, 11) is 1.72. The number of aryl methyl sites for hydroxylation is 2. The SMILES string of the molecule is CC[C@H]1CN([C@H](C)c2ccc3nc(C)oc3c2F)[C@H](CC)CN1c1cc(=O)n(C)c2cn(CC#N)nc12. The van der Waals surface area contributed by atoms with Gasteiger partial charge in [0.2, 0.25) is 0 Å². The van der Waals surface area contributed by atoms with Crippen molar-refractivity contribution in [1.29, 1.82) is 5.26 Å². The summed E-state index contributed by atoms with van der Waals surface area (Å²) >= 11 is 0. The molecule has 3 atom stereocenters. The molecule has 0 spiro atoms. The van der Waals surface area contributed by atoms with E-state index in [0.29, 0.717) is 41.1 Å². The number of nitrogens with zero attached hydrogens (tertiary/aromatic N) is 7. The fourth-order valence-electron chi connectivity index (χ4n) is 5.65. The average molecular weight is 506 g/mol. The molecule has 5 rings (SSSR count). The number of hydrogen-bond acceptors (Lipinski definition) is 7. The highest BCUT2D eigenvalue weighted by molar-refractivity contribution is 5.88. The first-order valence-corrected chi connectivity index (χ1v) is 12.8.